The van der Waals surface area contributed by atoms with Gasteiger partial charge in [-0.1, -0.05) is 59.3 Å². The van der Waals surface area contributed by atoms with Crippen molar-refractivity contribution in [3.05, 3.63) is 0 Å². The van der Waals surface area contributed by atoms with Crippen molar-refractivity contribution in [2.45, 2.75) is 91.6 Å². The molecule has 0 radical (unpaired) electrons. The molecule has 0 aromatic rings. The molecule has 0 bridgehead atoms. The third-order valence-corrected chi connectivity index (χ3v) is 3.81. The maximum absolute atomic E-state index is 6.05. The Bertz CT molecular complexity index is 211. The van der Waals surface area contributed by atoms with Crippen molar-refractivity contribution in [3.8, 4) is 0 Å². The molecule has 0 unspecified atom stereocenters. The average Bonchev–Trinajstić information content (AvgIpc) is 2.32. The Labute approximate surface area is 121 Å². The summed E-state index contributed by atoms with van der Waals surface area (Å²) in [5.74, 6) is 0. The first-order chi connectivity index (χ1) is 8.83. The molecular weight excluding hydrogens is 234 g/mol. The predicted molar refractivity (Wildman–Crippen MR) is 85.5 cm³/mol. The first kappa shape index (κ1) is 18.9. The summed E-state index contributed by atoms with van der Waals surface area (Å²) in [7, 11) is 0. The lowest BCUT2D eigenvalue weighted by molar-refractivity contribution is -0.0599. The van der Waals surface area contributed by atoms with E-state index < -0.39 is 0 Å². The van der Waals surface area contributed by atoms with E-state index in [0.717, 1.165) is 13.0 Å². The highest BCUT2D eigenvalue weighted by molar-refractivity contribution is 4.74. The van der Waals surface area contributed by atoms with Crippen LogP contribution in [0.3, 0.4) is 0 Å². The molecular formula is C17H37NO. The smallest absolute Gasteiger partial charge is 0.0638 e. The molecule has 116 valence electrons. The van der Waals surface area contributed by atoms with Gasteiger partial charge in [0.05, 0.1) is 12.2 Å². The molecule has 0 atom stereocenters. The lowest BCUT2D eigenvalue weighted by Crippen LogP contribution is -2.32. The maximum Gasteiger partial charge on any atom is 0.0638 e. The highest BCUT2D eigenvalue weighted by atomic mass is 16.5. The van der Waals surface area contributed by atoms with E-state index in [1.807, 2.05) is 0 Å². The van der Waals surface area contributed by atoms with E-state index in [1.54, 1.807) is 0 Å². The summed E-state index contributed by atoms with van der Waals surface area (Å²) in [6.45, 7) is 12.7. The van der Waals surface area contributed by atoms with Gasteiger partial charge in [0.1, 0.15) is 0 Å². The van der Waals surface area contributed by atoms with Crippen LogP contribution in [0.1, 0.15) is 86.0 Å². The van der Waals surface area contributed by atoms with Crippen molar-refractivity contribution in [2.24, 2.45) is 11.1 Å². The molecule has 0 amide bonds. The molecule has 0 saturated carbocycles. The van der Waals surface area contributed by atoms with Crippen molar-refractivity contribution in [2.75, 3.05) is 13.2 Å². The van der Waals surface area contributed by atoms with E-state index in [-0.39, 0.29) is 11.0 Å². The first-order valence-electron chi connectivity index (χ1n) is 8.17. The Hall–Kier alpha value is -0.0800. The van der Waals surface area contributed by atoms with Crippen molar-refractivity contribution < 1.29 is 4.74 Å². The highest BCUT2D eigenvalue weighted by Gasteiger charge is 2.24. The standard InChI is InChI=1S/C17H37NO/c1-6-7-8-9-10-11-12-16(2,3)15-19-17(4,5)13-14-18/h6-15,18H2,1-5H3. The largest absolute Gasteiger partial charge is 0.375 e. The molecule has 0 heterocycles. The molecule has 0 saturated heterocycles. The number of rotatable bonds is 12. The van der Waals surface area contributed by atoms with Crippen molar-refractivity contribution >= 4 is 0 Å². The van der Waals surface area contributed by atoms with Gasteiger partial charge in [-0.05, 0) is 38.6 Å². The predicted octanol–water partition coefficient (Wildman–Crippen LogP) is 4.91. The van der Waals surface area contributed by atoms with Crippen LogP contribution >= 0.6 is 0 Å². The van der Waals surface area contributed by atoms with Crippen LogP contribution in [-0.2, 0) is 4.74 Å². The lowest BCUT2D eigenvalue weighted by Gasteiger charge is -2.32. The zero-order valence-corrected chi connectivity index (χ0v) is 14.1. The monoisotopic (exact) mass is 271 g/mol. The van der Waals surface area contributed by atoms with Gasteiger partial charge in [0.15, 0.2) is 0 Å². The number of ether oxygens (including phenoxy) is 1. The van der Waals surface area contributed by atoms with Crippen LogP contribution in [0, 0.1) is 5.41 Å². The minimum Gasteiger partial charge on any atom is -0.375 e. The van der Waals surface area contributed by atoms with Gasteiger partial charge in [0.2, 0.25) is 0 Å². The van der Waals surface area contributed by atoms with Gasteiger partial charge in [-0.25, -0.2) is 0 Å². The van der Waals surface area contributed by atoms with Crippen LogP contribution in [-0.4, -0.2) is 18.8 Å². The third-order valence-electron chi connectivity index (χ3n) is 3.81. The van der Waals surface area contributed by atoms with Gasteiger partial charge in [-0.2, -0.15) is 0 Å². The minimum absolute atomic E-state index is 0.0762. The van der Waals surface area contributed by atoms with E-state index >= 15 is 0 Å². The second kappa shape index (κ2) is 9.77. The molecule has 0 spiro atoms. The molecule has 0 aliphatic carbocycles. The maximum atomic E-state index is 6.05. The summed E-state index contributed by atoms with van der Waals surface area (Å²) in [6.07, 6.45) is 10.4. The molecule has 2 heteroatoms. The molecule has 0 aromatic heterocycles. The zero-order chi connectivity index (χ0) is 14.8. The summed E-state index contributed by atoms with van der Waals surface area (Å²) in [4.78, 5) is 0. The van der Waals surface area contributed by atoms with Crippen molar-refractivity contribution in [1.29, 1.82) is 0 Å². The number of hydrogen-bond donors (Lipinski definition) is 1. The summed E-state index contributed by atoms with van der Waals surface area (Å²) in [5.41, 5.74) is 5.82. The summed E-state index contributed by atoms with van der Waals surface area (Å²) in [6, 6.07) is 0. The average molecular weight is 271 g/mol. The van der Waals surface area contributed by atoms with Gasteiger partial charge >= 0.3 is 0 Å². The molecule has 2 nitrogen and oxygen atoms in total. The first-order valence-corrected chi connectivity index (χ1v) is 8.17. The van der Waals surface area contributed by atoms with Crippen molar-refractivity contribution in [3.63, 3.8) is 0 Å². The normalized spacial score (nSPS) is 12.9. The molecule has 0 fully saturated rings. The molecule has 0 rings (SSSR count). The van der Waals surface area contributed by atoms with E-state index in [1.165, 1.54) is 44.9 Å². The quantitative estimate of drug-likeness (QED) is 0.512. The van der Waals surface area contributed by atoms with E-state index in [2.05, 4.69) is 34.6 Å². The zero-order valence-electron chi connectivity index (χ0n) is 14.1. The van der Waals surface area contributed by atoms with Gasteiger partial charge in [0.25, 0.3) is 0 Å². The second-order valence-electron chi connectivity index (χ2n) is 7.27. The second-order valence-corrected chi connectivity index (χ2v) is 7.27. The molecule has 19 heavy (non-hydrogen) atoms. The Morgan fingerprint density at radius 1 is 0.842 bits per heavy atom. The van der Waals surface area contributed by atoms with E-state index in [0.29, 0.717) is 6.54 Å². The fraction of sp³-hybridized carbons (Fsp3) is 1.00. The lowest BCUT2D eigenvalue weighted by atomic mass is 9.87. The summed E-state index contributed by atoms with van der Waals surface area (Å²) < 4.78 is 6.05. The van der Waals surface area contributed by atoms with E-state index in [4.69, 9.17) is 10.5 Å². The fourth-order valence-corrected chi connectivity index (χ4v) is 2.27. The summed E-state index contributed by atoms with van der Waals surface area (Å²) >= 11 is 0. The topological polar surface area (TPSA) is 35.2 Å². The van der Waals surface area contributed by atoms with Crippen LogP contribution in [0.5, 0.6) is 0 Å². The van der Waals surface area contributed by atoms with Crippen LogP contribution in [0.4, 0.5) is 0 Å². The van der Waals surface area contributed by atoms with Gasteiger partial charge in [0, 0.05) is 0 Å². The van der Waals surface area contributed by atoms with Crippen LogP contribution in [0.15, 0.2) is 0 Å². The minimum atomic E-state index is -0.0762. The van der Waals surface area contributed by atoms with Gasteiger partial charge in [-0.15, -0.1) is 0 Å². The molecule has 2 N–H and O–H groups in total. The fourth-order valence-electron chi connectivity index (χ4n) is 2.27. The van der Waals surface area contributed by atoms with Crippen LogP contribution in [0.2, 0.25) is 0 Å². The SMILES string of the molecule is CCCCCCCCC(C)(C)COC(C)(C)CCN. The summed E-state index contributed by atoms with van der Waals surface area (Å²) in [5, 5.41) is 0. The molecule has 0 aliphatic heterocycles. The van der Waals surface area contributed by atoms with Crippen molar-refractivity contribution in [1.82, 2.24) is 0 Å². The molecule has 0 aromatic carbocycles. The Morgan fingerprint density at radius 2 is 1.42 bits per heavy atom. The number of nitrogens with two attached hydrogens (primary N) is 1. The van der Waals surface area contributed by atoms with Gasteiger partial charge < -0.3 is 10.5 Å². The Kier molecular flexibility index (Phi) is 9.72. The number of hydrogen-bond acceptors (Lipinski definition) is 2. The van der Waals surface area contributed by atoms with Crippen LogP contribution < -0.4 is 5.73 Å². The van der Waals surface area contributed by atoms with Crippen LogP contribution in [0.25, 0.3) is 0 Å². The van der Waals surface area contributed by atoms with E-state index in [9.17, 15) is 0 Å². The highest BCUT2D eigenvalue weighted by Crippen LogP contribution is 2.27. The number of unbranched alkanes of at least 4 members (excludes halogenated alkanes) is 5. The Morgan fingerprint density at radius 3 is 2.00 bits per heavy atom. The molecule has 0 aliphatic rings. The van der Waals surface area contributed by atoms with Gasteiger partial charge in [-0.3, -0.25) is 0 Å². The Balaban J connectivity index is 3.73. The third kappa shape index (κ3) is 11.4.